The zero-order valence-electron chi connectivity index (χ0n) is 21.6. The van der Waals surface area contributed by atoms with Gasteiger partial charge in [-0.3, -0.25) is 15.0 Å². The smallest absolute Gasteiger partial charge is 0.289 e. The van der Waals surface area contributed by atoms with Gasteiger partial charge in [-0.1, -0.05) is 73.2 Å². The fraction of sp³-hybridized carbons (Fsp3) is 0.379. The van der Waals surface area contributed by atoms with Gasteiger partial charge in [0.05, 0.1) is 11.0 Å². The minimum Gasteiger partial charge on any atom is -0.388 e. The van der Waals surface area contributed by atoms with Crippen molar-refractivity contribution in [1.82, 2.24) is 9.21 Å². The first kappa shape index (κ1) is 27.4. The Kier molecular flexibility index (Phi) is 7.84. The largest absolute Gasteiger partial charge is 0.388 e. The summed E-state index contributed by atoms with van der Waals surface area (Å²) in [5, 5.41) is 34.7. The van der Waals surface area contributed by atoms with Crippen LogP contribution in [-0.4, -0.2) is 58.5 Å². The van der Waals surface area contributed by atoms with Gasteiger partial charge in [0.2, 0.25) is 10.0 Å². The molecule has 0 bridgehead atoms. The monoisotopic (exact) mass is 551 g/mol. The number of nitro benzene ring substituents is 1. The lowest BCUT2D eigenvalue weighted by Crippen LogP contribution is -2.51. The van der Waals surface area contributed by atoms with Crippen molar-refractivity contribution < 1.29 is 23.6 Å². The Morgan fingerprint density at radius 3 is 2.36 bits per heavy atom. The summed E-state index contributed by atoms with van der Waals surface area (Å²) < 4.78 is 28.9. The molecule has 1 aliphatic heterocycles. The van der Waals surface area contributed by atoms with E-state index < -0.39 is 32.3 Å². The van der Waals surface area contributed by atoms with Crippen LogP contribution in [0.2, 0.25) is 0 Å². The van der Waals surface area contributed by atoms with Crippen molar-refractivity contribution in [1.29, 1.82) is 0 Å². The number of nitrogens with zero attached hydrogens (tertiary/aromatic N) is 3. The molecule has 1 saturated carbocycles. The average Bonchev–Trinajstić information content (AvgIpc) is 3.00. The first-order valence-electron chi connectivity index (χ1n) is 13.2. The predicted octanol–water partition coefficient (Wildman–Crippen LogP) is 3.65. The lowest BCUT2D eigenvalue weighted by molar-refractivity contribution is -0.387. The maximum Gasteiger partial charge on any atom is 0.289 e. The lowest BCUT2D eigenvalue weighted by atomic mass is 9.66. The molecular formula is C29H33N3O6S. The van der Waals surface area contributed by atoms with E-state index in [1.54, 1.807) is 0 Å². The third-order valence-electron chi connectivity index (χ3n) is 8.06. The van der Waals surface area contributed by atoms with E-state index in [1.807, 2.05) is 59.5 Å². The number of para-hydroxylation sites is 1. The summed E-state index contributed by atoms with van der Waals surface area (Å²) in [4.78, 5) is 12.6. The molecule has 1 heterocycles. The van der Waals surface area contributed by atoms with Gasteiger partial charge in [-0.25, -0.2) is 8.42 Å². The van der Waals surface area contributed by atoms with Crippen molar-refractivity contribution in [2.75, 3.05) is 19.6 Å². The zero-order chi connectivity index (χ0) is 27.6. The van der Waals surface area contributed by atoms with E-state index in [0.717, 1.165) is 36.0 Å². The van der Waals surface area contributed by atoms with Crippen LogP contribution in [0.5, 0.6) is 0 Å². The van der Waals surface area contributed by atoms with Crippen LogP contribution in [0.3, 0.4) is 0 Å². The molecule has 0 amide bonds. The molecule has 0 radical (unpaired) electrons. The molecule has 39 heavy (non-hydrogen) atoms. The molecule has 0 aromatic heterocycles. The van der Waals surface area contributed by atoms with E-state index >= 15 is 0 Å². The van der Waals surface area contributed by atoms with Crippen LogP contribution in [-0.2, 0) is 28.7 Å². The van der Waals surface area contributed by atoms with Gasteiger partial charge in [0.25, 0.3) is 5.69 Å². The highest BCUT2D eigenvalue weighted by Gasteiger charge is 2.49. The second-order valence-corrected chi connectivity index (χ2v) is 12.3. The van der Waals surface area contributed by atoms with Gasteiger partial charge in [0, 0.05) is 38.8 Å². The Hall–Kier alpha value is -3.15. The van der Waals surface area contributed by atoms with Gasteiger partial charge in [-0.05, 0) is 41.5 Å². The Morgan fingerprint density at radius 2 is 1.67 bits per heavy atom. The minimum atomic E-state index is -4.24. The summed E-state index contributed by atoms with van der Waals surface area (Å²) in [5.41, 5.74) is 0.558. The van der Waals surface area contributed by atoms with Crippen molar-refractivity contribution in [3.05, 3.63) is 106 Å². The highest BCUT2D eigenvalue weighted by Crippen LogP contribution is 2.47. The quantitative estimate of drug-likeness (QED) is 0.307. The Balaban J connectivity index is 1.44. The first-order valence-corrected chi connectivity index (χ1v) is 14.6. The molecule has 1 fully saturated rings. The van der Waals surface area contributed by atoms with Crippen LogP contribution in [0.25, 0.3) is 0 Å². The first-order chi connectivity index (χ1) is 18.7. The molecule has 0 saturated heterocycles. The molecule has 2 aliphatic rings. The van der Waals surface area contributed by atoms with Crippen LogP contribution in [0.4, 0.5) is 5.69 Å². The Labute approximate surface area is 228 Å². The molecular weight excluding hydrogens is 518 g/mol. The summed E-state index contributed by atoms with van der Waals surface area (Å²) in [6, 6.07) is 22.0. The normalized spacial score (nSPS) is 22.2. The number of fused-ring (bicyclic) bond motifs is 1. The number of sulfonamides is 1. The van der Waals surface area contributed by atoms with Crippen molar-refractivity contribution in [2.24, 2.45) is 5.92 Å². The van der Waals surface area contributed by atoms with Crippen LogP contribution >= 0.6 is 0 Å². The van der Waals surface area contributed by atoms with Crippen molar-refractivity contribution in [2.45, 2.75) is 49.0 Å². The zero-order valence-corrected chi connectivity index (χ0v) is 22.4. The van der Waals surface area contributed by atoms with Crippen molar-refractivity contribution in [3.63, 3.8) is 0 Å². The van der Waals surface area contributed by atoms with E-state index in [0.29, 0.717) is 6.54 Å². The summed E-state index contributed by atoms with van der Waals surface area (Å²) in [7, 11) is -4.24. The topological polar surface area (TPSA) is 124 Å². The summed E-state index contributed by atoms with van der Waals surface area (Å²) >= 11 is 0. The SMILES string of the molecule is O=[N+]([O-])c1ccccc1S(=O)(=O)N(CCN1Cc2ccccc2[C@](O)(C2CCC2)[C@@H](O)C1)Cc1ccccc1. The molecule has 2 atom stereocenters. The second kappa shape index (κ2) is 11.1. The molecule has 1 aliphatic carbocycles. The van der Waals surface area contributed by atoms with Crippen molar-refractivity contribution in [3.8, 4) is 0 Å². The number of rotatable bonds is 9. The van der Waals surface area contributed by atoms with Gasteiger partial charge in [0.15, 0.2) is 4.90 Å². The molecule has 0 unspecified atom stereocenters. The highest BCUT2D eigenvalue weighted by molar-refractivity contribution is 7.89. The Morgan fingerprint density at radius 1 is 1.00 bits per heavy atom. The maximum absolute atomic E-state index is 13.8. The second-order valence-electron chi connectivity index (χ2n) is 10.4. The number of aliphatic hydroxyl groups excluding tert-OH is 1. The fourth-order valence-electron chi connectivity index (χ4n) is 5.72. The Bertz CT molecular complexity index is 1430. The summed E-state index contributed by atoms with van der Waals surface area (Å²) in [6.07, 6.45) is 1.67. The third-order valence-corrected chi connectivity index (χ3v) is 9.95. The van der Waals surface area contributed by atoms with E-state index in [9.17, 15) is 28.7 Å². The molecule has 0 spiro atoms. The molecule has 206 valence electrons. The van der Waals surface area contributed by atoms with E-state index in [1.165, 1.54) is 28.6 Å². The third kappa shape index (κ3) is 5.35. The summed E-state index contributed by atoms with van der Waals surface area (Å²) in [6.45, 7) is 0.951. The average molecular weight is 552 g/mol. The van der Waals surface area contributed by atoms with E-state index in [4.69, 9.17) is 0 Å². The number of nitro groups is 1. The number of β-amino-alcohol motifs (C(OH)–C–C–N with tert-alkyl or cyclic N) is 1. The van der Waals surface area contributed by atoms with Gasteiger partial charge in [-0.2, -0.15) is 4.31 Å². The minimum absolute atomic E-state index is 0.0258. The molecule has 2 N–H and O–H groups in total. The maximum atomic E-state index is 13.8. The highest BCUT2D eigenvalue weighted by atomic mass is 32.2. The number of benzene rings is 3. The van der Waals surface area contributed by atoms with Gasteiger partial charge < -0.3 is 10.2 Å². The molecule has 5 rings (SSSR count). The van der Waals surface area contributed by atoms with E-state index in [2.05, 4.69) is 0 Å². The van der Waals surface area contributed by atoms with Gasteiger partial charge in [0.1, 0.15) is 5.60 Å². The molecule has 10 heteroatoms. The van der Waals surface area contributed by atoms with Crippen LogP contribution in [0.15, 0.2) is 83.8 Å². The number of hydrogen-bond donors (Lipinski definition) is 2. The lowest BCUT2D eigenvalue weighted by Gasteiger charge is -2.44. The molecule has 3 aromatic carbocycles. The van der Waals surface area contributed by atoms with Crippen LogP contribution in [0, 0.1) is 16.0 Å². The van der Waals surface area contributed by atoms with Crippen molar-refractivity contribution >= 4 is 15.7 Å². The standard InChI is InChI=1S/C29H33N3O6S/c33-28-21-30(20-23-11-4-5-14-25(23)29(28,34)24-12-8-13-24)17-18-31(19-22-9-2-1-3-10-22)39(37,38)27-16-7-6-15-26(27)32(35)36/h1-7,9-11,14-16,24,28,33-34H,8,12-13,17-21H2/t28-,29+/m0/s1. The fourth-order valence-corrected chi connectivity index (χ4v) is 7.29. The van der Waals surface area contributed by atoms with E-state index in [-0.39, 0.29) is 37.0 Å². The van der Waals surface area contributed by atoms with Crippen LogP contribution in [0.1, 0.15) is 36.0 Å². The molecule has 9 nitrogen and oxygen atoms in total. The number of hydrogen-bond acceptors (Lipinski definition) is 7. The number of aliphatic hydroxyl groups is 2. The van der Waals surface area contributed by atoms with Gasteiger partial charge in [-0.15, -0.1) is 0 Å². The summed E-state index contributed by atoms with van der Waals surface area (Å²) in [5.74, 6) is -0.0258. The van der Waals surface area contributed by atoms with Crippen LogP contribution < -0.4 is 0 Å². The van der Waals surface area contributed by atoms with Gasteiger partial charge >= 0.3 is 0 Å². The molecule has 3 aromatic rings. The predicted molar refractivity (Wildman–Crippen MR) is 146 cm³/mol.